The van der Waals surface area contributed by atoms with Crippen LogP contribution < -0.4 is 4.90 Å². The van der Waals surface area contributed by atoms with Gasteiger partial charge in [0.05, 0.1) is 0 Å². The lowest BCUT2D eigenvalue weighted by Crippen LogP contribution is -2.47. The van der Waals surface area contributed by atoms with Crippen molar-refractivity contribution in [2.45, 2.75) is 0 Å². The second-order valence-electron chi connectivity index (χ2n) is 5.73. The lowest BCUT2D eigenvalue weighted by molar-refractivity contribution is 0.0658. The van der Waals surface area contributed by atoms with E-state index < -0.39 is 0 Å². The van der Waals surface area contributed by atoms with Crippen LogP contribution in [0.2, 0.25) is 0 Å². The number of carbonyl (C=O) groups is 1. The van der Waals surface area contributed by atoms with Crippen molar-refractivity contribution in [2.24, 2.45) is 0 Å². The minimum absolute atomic E-state index is 0.0248. The highest BCUT2D eigenvalue weighted by atomic mass is 16.2. The second kappa shape index (κ2) is 6.75. The van der Waals surface area contributed by atoms with Crippen molar-refractivity contribution in [3.05, 3.63) is 48.3 Å². The van der Waals surface area contributed by atoms with Crippen molar-refractivity contribution in [3.63, 3.8) is 0 Å². The van der Waals surface area contributed by atoms with E-state index in [0.29, 0.717) is 11.6 Å². The van der Waals surface area contributed by atoms with Crippen LogP contribution >= 0.6 is 0 Å². The van der Waals surface area contributed by atoms with Crippen molar-refractivity contribution >= 4 is 17.5 Å². The molecule has 0 spiro atoms. The number of amides is 1. The van der Waals surface area contributed by atoms with Crippen LogP contribution in [-0.2, 0) is 0 Å². The summed E-state index contributed by atoms with van der Waals surface area (Å²) >= 11 is 0. The summed E-state index contributed by atoms with van der Waals surface area (Å²) in [6.07, 6.45) is 1.64. The molecule has 0 atom stereocenters. The maximum absolute atomic E-state index is 12.6. The quantitative estimate of drug-likeness (QED) is 0.862. The molecule has 6 nitrogen and oxygen atoms in total. The number of para-hydroxylation sites is 1. The molecule has 120 valence electrons. The zero-order chi connectivity index (χ0) is 16.2. The second-order valence-corrected chi connectivity index (χ2v) is 5.73. The van der Waals surface area contributed by atoms with Gasteiger partial charge >= 0.3 is 0 Å². The van der Waals surface area contributed by atoms with Gasteiger partial charge in [-0.15, -0.1) is 0 Å². The Morgan fingerprint density at radius 3 is 2.48 bits per heavy atom. The van der Waals surface area contributed by atoms with E-state index >= 15 is 0 Å². The highest BCUT2D eigenvalue weighted by molar-refractivity contribution is 5.92. The van der Waals surface area contributed by atoms with E-state index in [4.69, 9.17) is 0 Å². The number of rotatable bonds is 3. The smallest absolute Gasteiger partial charge is 0.272 e. The van der Waals surface area contributed by atoms with E-state index in [1.54, 1.807) is 12.3 Å². The Labute approximate surface area is 136 Å². The summed E-state index contributed by atoms with van der Waals surface area (Å²) in [7, 11) is 3.97. The van der Waals surface area contributed by atoms with Crippen LogP contribution in [0.25, 0.3) is 0 Å². The monoisotopic (exact) mass is 311 g/mol. The summed E-state index contributed by atoms with van der Waals surface area (Å²) in [5.41, 5.74) is 1.43. The maximum Gasteiger partial charge on any atom is 0.272 e. The summed E-state index contributed by atoms with van der Waals surface area (Å²) in [6.45, 7) is 3.27. The normalized spacial score (nSPS) is 15.5. The van der Waals surface area contributed by atoms with Gasteiger partial charge in [-0.1, -0.05) is 18.2 Å². The summed E-state index contributed by atoms with van der Waals surface area (Å²) in [5.74, 6) is 0.499. The van der Waals surface area contributed by atoms with E-state index in [9.17, 15) is 4.79 Å². The number of anilines is 2. The first-order chi connectivity index (χ1) is 11.1. The van der Waals surface area contributed by atoms with Crippen LogP contribution in [0.1, 0.15) is 10.5 Å². The van der Waals surface area contributed by atoms with E-state index in [-0.39, 0.29) is 5.91 Å². The molecular weight excluding hydrogens is 290 g/mol. The summed E-state index contributed by atoms with van der Waals surface area (Å²) < 4.78 is 0. The minimum Gasteiger partial charge on any atom is -0.335 e. The Morgan fingerprint density at radius 1 is 1.09 bits per heavy atom. The largest absolute Gasteiger partial charge is 0.335 e. The number of carbonyl (C=O) groups excluding carboxylic acids is 1. The van der Waals surface area contributed by atoms with Crippen molar-refractivity contribution < 1.29 is 4.79 Å². The molecule has 0 radical (unpaired) electrons. The first-order valence-corrected chi connectivity index (χ1v) is 7.75. The summed E-state index contributed by atoms with van der Waals surface area (Å²) in [5, 5.41) is 0. The van der Waals surface area contributed by atoms with E-state index in [1.165, 1.54) is 0 Å². The van der Waals surface area contributed by atoms with Gasteiger partial charge in [-0.25, -0.2) is 9.97 Å². The molecule has 0 N–H and O–H groups in total. The average molecular weight is 311 g/mol. The molecule has 0 unspecified atom stereocenters. The van der Waals surface area contributed by atoms with Gasteiger partial charge < -0.3 is 14.7 Å². The Morgan fingerprint density at radius 2 is 1.78 bits per heavy atom. The number of nitrogens with zero attached hydrogens (tertiary/aromatic N) is 5. The molecule has 0 aliphatic carbocycles. The summed E-state index contributed by atoms with van der Waals surface area (Å²) in [4.78, 5) is 27.3. The molecule has 1 aromatic carbocycles. The third-order valence-electron chi connectivity index (χ3n) is 4.10. The van der Waals surface area contributed by atoms with Crippen molar-refractivity contribution in [1.29, 1.82) is 0 Å². The first kappa shape index (κ1) is 15.4. The number of aromatic nitrogens is 2. The van der Waals surface area contributed by atoms with Gasteiger partial charge in [0.25, 0.3) is 5.91 Å². The molecular formula is C17H21N5O. The van der Waals surface area contributed by atoms with Gasteiger partial charge in [0, 0.05) is 45.1 Å². The number of benzene rings is 1. The number of piperazine rings is 1. The standard InChI is InChI=1S/C17H21N5O/c1-20-10-12-22(13-11-20)16(23)15-8-9-18-17(19-15)21(2)14-6-4-3-5-7-14/h3-9H,10-13H2,1-2H3. The maximum atomic E-state index is 12.6. The van der Waals surface area contributed by atoms with Crippen molar-refractivity contribution in [2.75, 3.05) is 45.2 Å². The Kier molecular flexibility index (Phi) is 4.52. The zero-order valence-electron chi connectivity index (χ0n) is 13.5. The van der Waals surface area contributed by atoms with Gasteiger partial charge in [0.15, 0.2) is 0 Å². The Hall–Kier alpha value is -2.47. The average Bonchev–Trinajstić information content (AvgIpc) is 2.62. The highest BCUT2D eigenvalue weighted by Gasteiger charge is 2.22. The van der Waals surface area contributed by atoms with E-state index in [2.05, 4.69) is 21.9 Å². The molecule has 23 heavy (non-hydrogen) atoms. The third-order valence-corrected chi connectivity index (χ3v) is 4.10. The molecule has 6 heteroatoms. The molecule has 1 aliphatic heterocycles. The molecule has 3 rings (SSSR count). The number of hydrogen-bond donors (Lipinski definition) is 0. The third kappa shape index (κ3) is 3.48. The van der Waals surface area contributed by atoms with Gasteiger partial charge in [-0.2, -0.15) is 0 Å². The Balaban J connectivity index is 1.78. The number of hydrogen-bond acceptors (Lipinski definition) is 5. The molecule has 1 amide bonds. The van der Waals surface area contributed by atoms with Crippen LogP contribution in [0.15, 0.2) is 42.6 Å². The van der Waals surface area contributed by atoms with Crippen molar-refractivity contribution in [1.82, 2.24) is 19.8 Å². The topological polar surface area (TPSA) is 52.6 Å². The highest BCUT2D eigenvalue weighted by Crippen LogP contribution is 2.19. The lowest BCUT2D eigenvalue weighted by Gasteiger charge is -2.32. The van der Waals surface area contributed by atoms with Crippen LogP contribution in [0.5, 0.6) is 0 Å². The van der Waals surface area contributed by atoms with Gasteiger partial charge in [0.2, 0.25) is 5.95 Å². The van der Waals surface area contributed by atoms with Gasteiger partial charge in [-0.3, -0.25) is 4.79 Å². The first-order valence-electron chi connectivity index (χ1n) is 7.75. The van der Waals surface area contributed by atoms with Crippen LogP contribution in [0.4, 0.5) is 11.6 Å². The van der Waals surface area contributed by atoms with E-state index in [1.807, 2.05) is 47.2 Å². The molecule has 1 saturated heterocycles. The molecule has 2 heterocycles. The molecule has 1 aromatic heterocycles. The van der Waals surface area contributed by atoms with Gasteiger partial charge in [0.1, 0.15) is 5.69 Å². The summed E-state index contributed by atoms with van der Waals surface area (Å²) in [6, 6.07) is 11.5. The molecule has 1 aliphatic rings. The predicted molar refractivity (Wildman–Crippen MR) is 89.9 cm³/mol. The van der Waals surface area contributed by atoms with Crippen LogP contribution in [0.3, 0.4) is 0 Å². The van der Waals surface area contributed by atoms with Gasteiger partial charge in [-0.05, 0) is 25.2 Å². The molecule has 0 saturated carbocycles. The fourth-order valence-corrected chi connectivity index (χ4v) is 2.57. The molecule has 1 fully saturated rings. The Bertz CT molecular complexity index is 668. The fourth-order valence-electron chi connectivity index (χ4n) is 2.57. The van der Waals surface area contributed by atoms with Crippen molar-refractivity contribution in [3.8, 4) is 0 Å². The lowest BCUT2D eigenvalue weighted by atomic mass is 10.3. The van der Waals surface area contributed by atoms with E-state index in [0.717, 1.165) is 31.9 Å². The minimum atomic E-state index is -0.0248. The zero-order valence-corrected chi connectivity index (χ0v) is 13.5. The number of likely N-dealkylation sites (N-methyl/N-ethyl adjacent to an activating group) is 1. The van der Waals surface area contributed by atoms with Crippen LogP contribution in [0, 0.1) is 0 Å². The fraction of sp³-hybridized carbons (Fsp3) is 0.353. The SMILES string of the molecule is CN1CCN(C(=O)c2ccnc(N(C)c3ccccc3)n2)CC1. The predicted octanol–water partition coefficient (Wildman–Crippen LogP) is 1.63. The van der Waals surface area contributed by atoms with Crippen LogP contribution in [-0.4, -0.2) is 65.9 Å². The molecule has 2 aromatic rings. The molecule has 0 bridgehead atoms.